The SMILES string of the molecule is CC(=O)OC[C@H]1O[C@H](OC(C)=O)[C@@H](OC(C)=O)[C@@H](OC(=O)Oc2ccc([N+](=O)[O-])cc2)[C@@H]1OC(C)=O. The Balaban J connectivity index is 2.38. The highest BCUT2D eigenvalue weighted by Gasteiger charge is 2.54. The monoisotopic (exact) mass is 513 g/mol. The van der Waals surface area contributed by atoms with E-state index in [-0.39, 0.29) is 11.4 Å². The van der Waals surface area contributed by atoms with Crippen molar-refractivity contribution in [3.8, 4) is 5.75 Å². The van der Waals surface area contributed by atoms with Gasteiger partial charge in [0.2, 0.25) is 12.4 Å². The molecule has 0 saturated carbocycles. The molecule has 0 aliphatic carbocycles. The normalized spacial score (nSPS) is 22.9. The van der Waals surface area contributed by atoms with Crippen molar-refractivity contribution in [2.24, 2.45) is 0 Å². The van der Waals surface area contributed by atoms with E-state index in [1.54, 1.807) is 0 Å². The Hall–Kier alpha value is -4.27. The molecule has 1 heterocycles. The smallest absolute Gasteiger partial charge is 0.463 e. The lowest BCUT2D eigenvalue weighted by Gasteiger charge is -2.43. The molecule has 1 saturated heterocycles. The van der Waals surface area contributed by atoms with Crippen LogP contribution >= 0.6 is 0 Å². The zero-order valence-corrected chi connectivity index (χ0v) is 19.6. The van der Waals surface area contributed by atoms with E-state index in [1.165, 1.54) is 0 Å². The summed E-state index contributed by atoms with van der Waals surface area (Å²) in [6.07, 6.45) is -9.18. The van der Waals surface area contributed by atoms with Crippen LogP contribution in [0, 0.1) is 10.1 Å². The molecule has 1 aromatic rings. The van der Waals surface area contributed by atoms with Crippen LogP contribution in [0.5, 0.6) is 5.75 Å². The summed E-state index contributed by atoms with van der Waals surface area (Å²) in [7, 11) is 0. The Morgan fingerprint density at radius 1 is 0.806 bits per heavy atom. The molecule has 1 aliphatic rings. The van der Waals surface area contributed by atoms with Crippen LogP contribution in [0.25, 0.3) is 0 Å². The molecule has 0 amide bonds. The van der Waals surface area contributed by atoms with Gasteiger partial charge in [0.1, 0.15) is 18.5 Å². The maximum absolute atomic E-state index is 12.6. The summed E-state index contributed by atoms with van der Waals surface area (Å²) >= 11 is 0. The van der Waals surface area contributed by atoms with Gasteiger partial charge in [-0.3, -0.25) is 29.3 Å². The van der Waals surface area contributed by atoms with Gasteiger partial charge in [-0.2, -0.15) is 0 Å². The number of nitro groups is 1. The first-order chi connectivity index (χ1) is 16.9. The van der Waals surface area contributed by atoms with E-state index in [1.807, 2.05) is 0 Å². The number of ether oxygens (including phenoxy) is 7. The minimum absolute atomic E-state index is 0.140. The fourth-order valence-electron chi connectivity index (χ4n) is 3.12. The van der Waals surface area contributed by atoms with Crippen molar-refractivity contribution >= 4 is 35.7 Å². The molecule has 0 spiro atoms. The summed E-state index contributed by atoms with van der Waals surface area (Å²) in [6.45, 7) is 3.67. The van der Waals surface area contributed by atoms with Gasteiger partial charge in [0.25, 0.3) is 5.69 Å². The van der Waals surface area contributed by atoms with Gasteiger partial charge >= 0.3 is 30.0 Å². The van der Waals surface area contributed by atoms with Crippen LogP contribution in [-0.4, -0.2) is 72.3 Å². The van der Waals surface area contributed by atoms with Crippen LogP contribution in [0.1, 0.15) is 27.7 Å². The largest absolute Gasteiger partial charge is 0.514 e. The predicted octanol–water partition coefficient (Wildman–Crippen LogP) is 1.19. The van der Waals surface area contributed by atoms with Gasteiger partial charge in [-0.1, -0.05) is 0 Å². The van der Waals surface area contributed by atoms with Crippen LogP contribution < -0.4 is 4.74 Å². The number of nitro benzene ring substituents is 1. The van der Waals surface area contributed by atoms with Gasteiger partial charge in [-0.05, 0) is 12.1 Å². The molecule has 0 bridgehead atoms. The third kappa shape index (κ3) is 8.19. The fraction of sp³-hybridized carbons (Fsp3) is 0.476. The van der Waals surface area contributed by atoms with Gasteiger partial charge < -0.3 is 33.2 Å². The van der Waals surface area contributed by atoms with Crippen molar-refractivity contribution in [2.75, 3.05) is 6.61 Å². The van der Waals surface area contributed by atoms with Crippen molar-refractivity contribution in [3.63, 3.8) is 0 Å². The maximum atomic E-state index is 12.6. The summed E-state index contributed by atoms with van der Waals surface area (Å²) in [5.74, 6) is -3.47. The molecule has 5 atom stereocenters. The quantitative estimate of drug-likeness (QED) is 0.158. The summed E-state index contributed by atoms with van der Waals surface area (Å²) in [5, 5.41) is 10.8. The molecule has 0 N–H and O–H groups in total. The topological polar surface area (TPSA) is 193 Å². The van der Waals surface area contributed by atoms with E-state index in [0.29, 0.717) is 0 Å². The van der Waals surface area contributed by atoms with Crippen molar-refractivity contribution < 1.29 is 62.1 Å². The number of carbonyl (C=O) groups excluding carboxylic acids is 5. The van der Waals surface area contributed by atoms with Gasteiger partial charge in [-0.25, -0.2) is 4.79 Å². The van der Waals surface area contributed by atoms with Gasteiger partial charge in [0.05, 0.1) is 4.92 Å². The highest BCUT2D eigenvalue weighted by molar-refractivity contribution is 5.69. The first-order valence-electron chi connectivity index (χ1n) is 10.3. The molecule has 0 radical (unpaired) electrons. The number of esters is 4. The van der Waals surface area contributed by atoms with Crippen molar-refractivity contribution in [2.45, 2.75) is 58.4 Å². The second kappa shape index (κ2) is 12.4. The fourth-order valence-corrected chi connectivity index (χ4v) is 3.12. The van der Waals surface area contributed by atoms with Gasteiger partial charge in [0, 0.05) is 39.8 Å². The highest BCUT2D eigenvalue weighted by Crippen LogP contribution is 2.30. The second-order valence-corrected chi connectivity index (χ2v) is 7.29. The molecule has 15 nitrogen and oxygen atoms in total. The predicted molar refractivity (Wildman–Crippen MR) is 112 cm³/mol. The average Bonchev–Trinajstić information content (AvgIpc) is 2.75. The third-order valence-corrected chi connectivity index (χ3v) is 4.41. The van der Waals surface area contributed by atoms with E-state index in [4.69, 9.17) is 33.2 Å². The zero-order chi connectivity index (χ0) is 27.0. The van der Waals surface area contributed by atoms with Crippen molar-refractivity contribution in [1.82, 2.24) is 0 Å². The average molecular weight is 513 g/mol. The maximum Gasteiger partial charge on any atom is 0.514 e. The van der Waals surface area contributed by atoms with Crippen LogP contribution in [0.3, 0.4) is 0 Å². The molecule has 1 aromatic carbocycles. The molecule has 0 unspecified atom stereocenters. The molecule has 196 valence electrons. The molecule has 2 rings (SSSR count). The van der Waals surface area contributed by atoms with E-state index in [2.05, 4.69) is 0 Å². The number of benzene rings is 1. The Bertz CT molecular complexity index is 1010. The first-order valence-corrected chi connectivity index (χ1v) is 10.3. The van der Waals surface area contributed by atoms with Gasteiger partial charge in [-0.15, -0.1) is 0 Å². The lowest BCUT2D eigenvalue weighted by Crippen LogP contribution is -2.63. The van der Waals surface area contributed by atoms with E-state index >= 15 is 0 Å². The van der Waals surface area contributed by atoms with Crippen LogP contribution in [-0.2, 0) is 47.6 Å². The van der Waals surface area contributed by atoms with Crippen LogP contribution in [0.2, 0.25) is 0 Å². The lowest BCUT2D eigenvalue weighted by atomic mass is 9.98. The Labute approximate surface area is 203 Å². The summed E-state index contributed by atoms with van der Waals surface area (Å²) < 4.78 is 36.2. The minimum Gasteiger partial charge on any atom is -0.463 e. The molecule has 0 aromatic heterocycles. The highest BCUT2D eigenvalue weighted by atomic mass is 16.8. The van der Waals surface area contributed by atoms with Crippen molar-refractivity contribution in [1.29, 1.82) is 0 Å². The molecule has 15 heteroatoms. The number of hydrogen-bond acceptors (Lipinski definition) is 14. The molecular formula is C21H23NO14. The lowest BCUT2D eigenvalue weighted by molar-refractivity contribution is -0.384. The zero-order valence-electron chi connectivity index (χ0n) is 19.6. The molecular weight excluding hydrogens is 490 g/mol. The number of non-ortho nitro benzene ring substituents is 1. The van der Waals surface area contributed by atoms with Gasteiger partial charge in [0.15, 0.2) is 12.2 Å². The van der Waals surface area contributed by atoms with Crippen LogP contribution in [0.15, 0.2) is 24.3 Å². The Morgan fingerprint density at radius 3 is 1.86 bits per heavy atom. The van der Waals surface area contributed by atoms with E-state index < -0.39 is 72.3 Å². The molecule has 1 fully saturated rings. The number of nitrogens with zero attached hydrogens (tertiary/aromatic N) is 1. The summed E-state index contributed by atoms with van der Waals surface area (Å²) in [5.41, 5.74) is -0.262. The third-order valence-electron chi connectivity index (χ3n) is 4.41. The second-order valence-electron chi connectivity index (χ2n) is 7.29. The number of carbonyl (C=O) groups is 5. The number of rotatable bonds is 8. The van der Waals surface area contributed by atoms with E-state index in [0.717, 1.165) is 52.0 Å². The van der Waals surface area contributed by atoms with E-state index in [9.17, 15) is 34.1 Å². The number of hydrogen-bond donors (Lipinski definition) is 0. The van der Waals surface area contributed by atoms with Crippen molar-refractivity contribution in [3.05, 3.63) is 34.4 Å². The summed E-state index contributed by atoms with van der Waals surface area (Å²) in [6, 6.07) is 4.40. The molecule has 36 heavy (non-hydrogen) atoms. The first kappa shape index (κ1) is 28.0. The molecule has 1 aliphatic heterocycles. The summed E-state index contributed by atoms with van der Waals surface area (Å²) in [4.78, 5) is 69.2. The van der Waals surface area contributed by atoms with Crippen LogP contribution in [0.4, 0.5) is 10.5 Å². The minimum atomic E-state index is -1.66. The Kier molecular flexibility index (Phi) is 9.66. The standard InChI is InChI=1S/C21H23NO14/c1-10(23)30-9-16-17(31-11(2)24)18(19(32-12(3)25)20(35-16)33-13(4)26)36-21(27)34-15-7-5-14(6-8-15)22(28)29/h5-8,16-20H,9H2,1-4H3/t16-,17-,18+,19+,20+/m1/s1. The Morgan fingerprint density at radius 2 is 1.36 bits per heavy atom.